The molecule has 162 valence electrons. The lowest BCUT2D eigenvalue weighted by molar-refractivity contribution is 0.102. The molecule has 0 bridgehead atoms. The SMILES string of the molecule is O=C(Nc1ccc(N2CCOCC2)cc1N1CCOCC1)c1cc(-c2cccs2)[nH]n1. The molecule has 4 heterocycles. The van der Waals surface area contributed by atoms with Crippen LogP contribution in [0.25, 0.3) is 10.6 Å². The molecule has 5 rings (SSSR count). The third-order valence-corrected chi connectivity index (χ3v) is 6.46. The quantitative estimate of drug-likeness (QED) is 0.636. The van der Waals surface area contributed by atoms with E-state index in [-0.39, 0.29) is 5.91 Å². The Kier molecular flexibility index (Phi) is 5.88. The number of nitrogens with zero attached hydrogens (tertiary/aromatic N) is 3. The zero-order valence-electron chi connectivity index (χ0n) is 17.2. The topological polar surface area (TPSA) is 82.7 Å². The standard InChI is InChI=1S/C22H25N5O3S/c28-22(19-15-18(24-25-19)21-2-1-13-31-21)23-17-4-3-16(26-5-9-29-10-6-26)14-20(17)27-7-11-30-12-8-27/h1-4,13-15H,5-12H2,(H,23,28)(H,24,25). The number of rotatable bonds is 5. The Bertz CT molecular complexity index is 1020. The summed E-state index contributed by atoms with van der Waals surface area (Å²) in [6, 6.07) is 12.0. The van der Waals surface area contributed by atoms with Crippen LogP contribution < -0.4 is 15.1 Å². The number of H-pyrrole nitrogens is 1. The molecule has 31 heavy (non-hydrogen) atoms. The predicted octanol–water partition coefficient (Wildman–Crippen LogP) is 3.06. The van der Waals surface area contributed by atoms with Crippen LogP contribution in [-0.4, -0.2) is 68.7 Å². The van der Waals surface area contributed by atoms with Crippen LogP contribution in [0.3, 0.4) is 0 Å². The Morgan fingerprint density at radius 2 is 1.74 bits per heavy atom. The van der Waals surface area contributed by atoms with Crippen molar-refractivity contribution in [2.45, 2.75) is 0 Å². The van der Waals surface area contributed by atoms with Crippen molar-refractivity contribution in [2.75, 3.05) is 67.7 Å². The summed E-state index contributed by atoms with van der Waals surface area (Å²) in [6.45, 7) is 6.15. The molecule has 9 heteroatoms. The van der Waals surface area contributed by atoms with Crippen LogP contribution >= 0.6 is 11.3 Å². The fourth-order valence-corrected chi connectivity index (χ4v) is 4.58. The maximum Gasteiger partial charge on any atom is 0.276 e. The van der Waals surface area contributed by atoms with E-state index in [1.54, 1.807) is 17.4 Å². The van der Waals surface area contributed by atoms with Gasteiger partial charge in [0.2, 0.25) is 0 Å². The first-order valence-corrected chi connectivity index (χ1v) is 11.4. The van der Waals surface area contributed by atoms with Crippen LogP contribution in [0.15, 0.2) is 41.8 Å². The van der Waals surface area contributed by atoms with Gasteiger partial charge in [0.25, 0.3) is 5.91 Å². The van der Waals surface area contributed by atoms with Gasteiger partial charge in [-0.05, 0) is 35.7 Å². The summed E-state index contributed by atoms with van der Waals surface area (Å²) >= 11 is 1.61. The number of ether oxygens (including phenoxy) is 2. The van der Waals surface area contributed by atoms with Gasteiger partial charge in [0.15, 0.2) is 5.69 Å². The van der Waals surface area contributed by atoms with Crippen LogP contribution in [0.2, 0.25) is 0 Å². The van der Waals surface area contributed by atoms with Crippen LogP contribution in [0.1, 0.15) is 10.5 Å². The summed E-state index contributed by atoms with van der Waals surface area (Å²) in [5.74, 6) is -0.229. The molecule has 3 aromatic rings. The summed E-state index contributed by atoms with van der Waals surface area (Å²) in [5.41, 5.74) is 4.14. The van der Waals surface area contributed by atoms with Crippen molar-refractivity contribution in [3.63, 3.8) is 0 Å². The number of hydrogen-bond acceptors (Lipinski definition) is 7. The number of carbonyl (C=O) groups is 1. The Labute approximate surface area is 184 Å². The molecule has 0 aliphatic carbocycles. The van der Waals surface area contributed by atoms with Gasteiger partial charge in [0.05, 0.1) is 48.4 Å². The lowest BCUT2D eigenvalue weighted by Gasteiger charge is -2.33. The van der Waals surface area contributed by atoms with Crippen LogP contribution in [0.4, 0.5) is 17.1 Å². The van der Waals surface area contributed by atoms with Crippen molar-refractivity contribution < 1.29 is 14.3 Å². The lowest BCUT2D eigenvalue weighted by atomic mass is 10.1. The second-order valence-electron chi connectivity index (χ2n) is 7.50. The number of benzene rings is 1. The maximum atomic E-state index is 13.0. The van der Waals surface area contributed by atoms with Gasteiger partial charge >= 0.3 is 0 Å². The van der Waals surface area contributed by atoms with E-state index in [9.17, 15) is 4.79 Å². The monoisotopic (exact) mass is 439 g/mol. The number of hydrogen-bond donors (Lipinski definition) is 2. The smallest absolute Gasteiger partial charge is 0.276 e. The number of carbonyl (C=O) groups excluding carboxylic acids is 1. The van der Waals surface area contributed by atoms with E-state index in [0.717, 1.165) is 67.0 Å². The van der Waals surface area contributed by atoms with E-state index in [1.807, 2.05) is 23.6 Å². The van der Waals surface area contributed by atoms with Gasteiger partial charge in [0.1, 0.15) is 0 Å². The molecular formula is C22H25N5O3S. The minimum atomic E-state index is -0.229. The average molecular weight is 440 g/mol. The molecule has 2 aromatic heterocycles. The lowest BCUT2D eigenvalue weighted by Crippen LogP contribution is -2.38. The van der Waals surface area contributed by atoms with Crippen LogP contribution in [0, 0.1) is 0 Å². The van der Waals surface area contributed by atoms with Gasteiger partial charge in [0, 0.05) is 31.9 Å². The number of aromatic nitrogens is 2. The Hall–Kier alpha value is -2.88. The van der Waals surface area contributed by atoms with E-state index >= 15 is 0 Å². The van der Waals surface area contributed by atoms with E-state index in [2.05, 4.69) is 37.4 Å². The molecule has 0 unspecified atom stereocenters. The van der Waals surface area contributed by atoms with Gasteiger partial charge in [-0.1, -0.05) is 6.07 Å². The van der Waals surface area contributed by atoms with E-state index in [0.29, 0.717) is 18.9 Å². The first-order chi connectivity index (χ1) is 15.3. The maximum absolute atomic E-state index is 13.0. The average Bonchev–Trinajstić information content (AvgIpc) is 3.53. The van der Waals surface area contributed by atoms with Gasteiger partial charge in [-0.3, -0.25) is 9.89 Å². The number of nitrogens with one attached hydrogen (secondary N) is 2. The molecule has 2 N–H and O–H groups in total. The second-order valence-corrected chi connectivity index (χ2v) is 8.45. The largest absolute Gasteiger partial charge is 0.378 e. The molecule has 8 nitrogen and oxygen atoms in total. The third kappa shape index (κ3) is 4.43. The fraction of sp³-hybridized carbons (Fsp3) is 0.364. The summed E-state index contributed by atoms with van der Waals surface area (Å²) in [4.78, 5) is 18.6. The highest BCUT2D eigenvalue weighted by Gasteiger charge is 2.21. The molecular weight excluding hydrogens is 414 g/mol. The third-order valence-electron chi connectivity index (χ3n) is 5.55. The van der Waals surface area contributed by atoms with Crippen molar-refractivity contribution >= 4 is 34.3 Å². The highest BCUT2D eigenvalue weighted by molar-refractivity contribution is 7.13. The summed E-state index contributed by atoms with van der Waals surface area (Å²) in [5, 5.41) is 12.2. The minimum absolute atomic E-state index is 0.229. The van der Waals surface area contributed by atoms with Crippen molar-refractivity contribution in [1.29, 1.82) is 0 Å². The number of anilines is 3. The number of aromatic amines is 1. The molecule has 2 aliphatic heterocycles. The van der Waals surface area contributed by atoms with Crippen molar-refractivity contribution in [2.24, 2.45) is 0 Å². The zero-order valence-corrected chi connectivity index (χ0v) is 18.0. The molecule has 0 saturated carbocycles. The van der Waals surface area contributed by atoms with E-state index in [4.69, 9.17) is 9.47 Å². The fourth-order valence-electron chi connectivity index (χ4n) is 3.89. The summed E-state index contributed by atoms with van der Waals surface area (Å²) in [7, 11) is 0. The molecule has 0 radical (unpaired) electrons. The van der Waals surface area contributed by atoms with Crippen molar-refractivity contribution in [3.8, 4) is 10.6 Å². The number of thiophene rings is 1. The molecule has 0 spiro atoms. The molecule has 2 fully saturated rings. The number of morpholine rings is 2. The van der Waals surface area contributed by atoms with Gasteiger partial charge in [-0.2, -0.15) is 5.10 Å². The van der Waals surface area contributed by atoms with Crippen molar-refractivity contribution in [3.05, 3.63) is 47.5 Å². The zero-order chi connectivity index (χ0) is 21.0. The highest BCUT2D eigenvalue weighted by atomic mass is 32.1. The van der Waals surface area contributed by atoms with E-state index < -0.39 is 0 Å². The Morgan fingerprint density at radius 3 is 2.45 bits per heavy atom. The molecule has 2 aliphatic rings. The Morgan fingerprint density at radius 1 is 1.00 bits per heavy atom. The first-order valence-electron chi connectivity index (χ1n) is 10.5. The highest BCUT2D eigenvalue weighted by Crippen LogP contribution is 2.33. The number of amides is 1. The summed E-state index contributed by atoms with van der Waals surface area (Å²) < 4.78 is 11.0. The Balaban J connectivity index is 1.40. The van der Waals surface area contributed by atoms with Crippen LogP contribution in [0.5, 0.6) is 0 Å². The van der Waals surface area contributed by atoms with Crippen LogP contribution in [-0.2, 0) is 9.47 Å². The molecule has 0 atom stereocenters. The van der Waals surface area contributed by atoms with Gasteiger partial charge in [-0.25, -0.2) is 0 Å². The predicted molar refractivity (Wildman–Crippen MR) is 122 cm³/mol. The minimum Gasteiger partial charge on any atom is -0.378 e. The second kappa shape index (κ2) is 9.09. The van der Waals surface area contributed by atoms with Gasteiger partial charge < -0.3 is 24.6 Å². The van der Waals surface area contributed by atoms with E-state index in [1.165, 1.54) is 0 Å². The summed E-state index contributed by atoms with van der Waals surface area (Å²) in [6.07, 6.45) is 0. The first kappa shape index (κ1) is 20.0. The normalized spacial score (nSPS) is 17.0. The molecule has 1 aromatic carbocycles. The van der Waals surface area contributed by atoms with Crippen molar-refractivity contribution in [1.82, 2.24) is 10.2 Å². The van der Waals surface area contributed by atoms with Gasteiger partial charge in [-0.15, -0.1) is 11.3 Å². The molecule has 1 amide bonds. The molecule has 2 saturated heterocycles.